The van der Waals surface area contributed by atoms with Gasteiger partial charge in [0.1, 0.15) is 24.5 Å². The molecule has 0 radical (unpaired) electrons. The lowest BCUT2D eigenvalue weighted by molar-refractivity contribution is -0.141. The van der Waals surface area contributed by atoms with Gasteiger partial charge in [-0.3, -0.25) is 4.90 Å². The highest BCUT2D eigenvalue weighted by Crippen LogP contribution is 2.34. The largest absolute Gasteiger partial charge is 0.486 e. The Balaban J connectivity index is 1.21. The van der Waals surface area contributed by atoms with Crippen LogP contribution in [0.4, 0.5) is 0 Å². The van der Waals surface area contributed by atoms with E-state index >= 15 is 0 Å². The van der Waals surface area contributed by atoms with Crippen LogP contribution in [0.3, 0.4) is 0 Å². The number of likely N-dealkylation sites (tertiary alicyclic amines) is 1. The topological polar surface area (TPSA) is 60.0 Å². The molecule has 1 N–H and O–H groups in total. The molecule has 1 unspecified atom stereocenters. The molecule has 6 nitrogen and oxygen atoms in total. The fourth-order valence-corrected chi connectivity index (χ4v) is 5.51. The average molecular weight is 543 g/mol. The number of unbranched alkanes of at least 4 members (excludes halogenated alkanes) is 5. The quantitative estimate of drug-likeness (QED) is 0.167. The number of esters is 1. The number of hydrogen-bond acceptors (Lipinski definition) is 6. The number of benzene rings is 2. The van der Waals surface area contributed by atoms with Crippen LogP contribution in [0.5, 0.6) is 17.2 Å². The van der Waals surface area contributed by atoms with Gasteiger partial charge in [-0.2, -0.15) is 0 Å². The number of halogens is 1. The maximum Gasteiger partial charge on any atom is 0.328 e. The number of hydrogen-bond donors (Lipinski definition) is 1. The van der Waals surface area contributed by atoms with Crippen molar-refractivity contribution in [1.29, 1.82) is 0 Å². The first-order chi connectivity index (χ1) is 18.6. The Bertz CT molecular complexity index is 981. The molecular weight excluding hydrogens is 500 g/mol. The Kier molecular flexibility index (Phi) is 11.6. The van der Waals surface area contributed by atoms with E-state index in [1.807, 2.05) is 48.5 Å². The number of fused-ring (bicyclic) bond motifs is 1. The summed E-state index contributed by atoms with van der Waals surface area (Å²) in [5.74, 6) is 2.55. The molecule has 0 saturated carbocycles. The molecule has 208 valence electrons. The standard InChI is InChI=1S/C31H43ClN2O4/c1-2-3-4-5-6-10-13-28(31(35)38-26-11-8-7-9-12-26)34-18-16-24(17-19-34)21-33-22-27-23-36-29-15-14-25(32)20-30(29)37-27/h7-9,11-12,14-15,20,24,27-28,33H,2-6,10,13,16-19,21-23H2,1H3/t27-,28?/m0/s1. The summed E-state index contributed by atoms with van der Waals surface area (Å²) in [5.41, 5.74) is 0. The third-order valence-electron chi connectivity index (χ3n) is 7.58. The molecule has 2 aliphatic rings. The molecule has 0 aliphatic carbocycles. The average Bonchev–Trinajstić information content (AvgIpc) is 2.93. The van der Waals surface area contributed by atoms with E-state index in [-0.39, 0.29) is 18.1 Å². The van der Waals surface area contributed by atoms with Crippen LogP contribution in [-0.2, 0) is 4.79 Å². The molecule has 1 saturated heterocycles. The van der Waals surface area contributed by atoms with Gasteiger partial charge >= 0.3 is 5.97 Å². The van der Waals surface area contributed by atoms with E-state index in [1.54, 1.807) is 0 Å². The molecule has 0 aromatic heterocycles. The summed E-state index contributed by atoms with van der Waals surface area (Å²) in [5, 5.41) is 4.23. The van der Waals surface area contributed by atoms with Crippen LogP contribution in [0, 0.1) is 5.92 Å². The first-order valence-electron chi connectivity index (χ1n) is 14.4. The molecule has 2 aromatic carbocycles. The van der Waals surface area contributed by atoms with Gasteiger partial charge in [0.25, 0.3) is 0 Å². The summed E-state index contributed by atoms with van der Waals surface area (Å²) >= 11 is 6.09. The molecule has 0 bridgehead atoms. The zero-order valence-corrected chi connectivity index (χ0v) is 23.5. The van der Waals surface area contributed by atoms with Crippen molar-refractivity contribution in [3.8, 4) is 17.2 Å². The fraction of sp³-hybridized carbons (Fsp3) is 0.581. The van der Waals surface area contributed by atoms with Crippen molar-refractivity contribution < 1.29 is 19.0 Å². The molecule has 2 heterocycles. The summed E-state index contributed by atoms with van der Waals surface area (Å²) in [6, 6.07) is 14.8. The van der Waals surface area contributed by atoms with Crippen LogP contribution in [0.2, 0.25) is 5.02 Å². The van der Waals surface area contributed by atoms with Crippen molar-refractivity contribution in [3.05, 3.63) is 53.6 Å². The van der Waals surface area contributed by atoms with Gasteiger partial charge in [0.2, 0.25) is 0 Å². The molecule has 7 heteroatoms. The van der Waals surface area contributed by atoms with Gasteiger partial charge in [-0.05, 0) is 69.1 Å². The predicted molar refractivity (Wildman–Crippen MR) is 152 cm³/mol. The number of rotatable bonds is 14. The van der Waals surface area contributed by atoms with Crippen molar-refractivity contribution in [2.45, 2.75) is 76.9 Å². The second-order valence-corrected chi connectivity index (χ2v) is 11.0. The number of piperidine rings is 1. The van der Waals surface area contributed by atoms with Gasteiger partial charge in [-0.1, -0.05) is 75.2 Å². The third-order valence-corrected chi connectivity index (χ3v) is 7.82. The van der Waals surface area contributed by atoms with Crippen molar-refractivity contribution in [2.75, 3.05) is 32.8 Å². The summed E-state index contributed by atoms with van der Waals surface area (Å²) < 4.78 is 17.7. The van der Waals surface area contributed by atoms with E-state index in [0.717, 1.165) is 57.6 Å². The van der Waals surface area contributed by atoms with Gasteiger partial charge in [-0.25, -0.2) is 4.79 Å². The summed E-state index contributed by atoms with van der Waals surface area (Å²) in [7, 11) is 0. The molecule has 2 atom stereocenters. The molecule has 38 heavy (non-hydrogen) atoms. The second kappa shape index (κ2) is 15.3. The highest BCUT2D eigenvalue weighted by molar-refractivity contribution is 6.30. The van der Waals surface area contributed by atoms with E-state index < -0.39 is 0 Å². The van der Waals surface area contributed by atoms with E-state index in [1.165, 1.54) is 32.1 Å². The van der Waals surface area contributed by atoms with Crippen molar-refractivity contribution >= 4 is 17.6 Å². The van der Waals surface area contributed by atoms with Gasteiger partial charge < -0.3 is 19.5 Å². The monoisotopic (exact) mass is 542 g/mol. The van der Waals surface area contributed by atoms with Crippen LogP contribution in [0.15, 0.2) is 48.5 Å². The summed E-state index contributed by atoms with van der Waals surface area (Å²) in [6.07, 6.45) is 10.3. The normalized spacial score (nSPS) is 18.7. The van der Waals surface area contributed by atoms with Crippen LogP contribution in [-0.4, -0.2) is 55.8 Å². The van der Waals surface area contributed by atoms with E-state index in [9.17, 15) is 4.79 Å². The Labute approximate surface area is 233 Å². The van der Waals surface area contributed by atoms with E-state index in [2.05, 4.69) is 17.1 Å². The Hall–Kier alpha value is -2.28. The molecule has 2 aromatic rings. The van der Waals surface area contributed by atoms with Crippen molar-refractivity contribution in [2.24, 2.45) is 5.92 Å². The van der Waals surface area contributed by atoms with Gasteiger partial charge in [0, 0.05) is 17.6 Å². The maximum absolute atomic E-state index is 13.2. The number of para-hydroxylation sites is 1. The minimum Gasteiger partial charge on any atom is -0.486 e. The molecule has 0 amide bonds. The van der Waals surface area contributed by atoms with E-state index in [4.69, 9.17) is 25.8 Å². The second-order valence-electron chi connectivity index (χ2n) is 10.6. The zero-order chi connectivity index (χ0) is 26.6. The van der Waals surface area contributed by atoms with Crippen LogP contribution in [0.25, 0.3) is 0 Å². The predicted octanol–water partition coefficient (Wildman–Crippen LogP) is 6.51. The smallest absolute Gasteiger partial charge is 0.328 e. The minimum atomic E-state index is -0.171. The Morgan fingerprint density at radius 1 is 1.03 bits per heavy atom. The van der Waals surface area contributed by atoms with Crippen LogP contribution >= 0.6 is 11.6 Å². The highest BCUT2D eigenvalue weighted by atomic mass is 35.5. The van der Waals surface area contributed by atoms with Gasteiger partial charge in [0.15, 0.2) is 11.5 Å². The van der Waals surface area contributed by atoms with Gasteiger partial charge in [0.05, 0.1) is 0 Å². The summed E-state index contributed by atoms with van der Waals surface area (Å²) in [4.78, 5) is 15.6. The molecular formula is C31H43ClN2O4. The minimum absolute atomic E-state index is 0.0319. The Morgan fingerprint density at radius 2 is 1.79 bits per heavy atom. The number of carbonyl (C=O) groups is 1. The van der Waals surface area contributed by atoms with Crippen LogP contribution in [0.1, 0.15) is 64.7 Å². The van der Waals surface area contributed by atoms with Crippen LogP contribution < -0.4 is 19.5 Å². The first kappa shape index (κ1) is 28.7. The molecule has 1 fully saturated rings. The molecule has 4 rings (SSSR count). The fourth-order valence-electron chi connectivity index (χ4n) is 5.35. The van der Waals surface area contributed by atoms with E-state index in [0.29, 0.717) is 29.0 Å². The lowest BCUT2D eigenvalue weighted by Gasteiger charge is -2.36. The summed E-state index contributed by atoms with van der Waals surface area (Å²) in [6.45, 7) is 6.28. The SMILES string of the molecule is CCCCCCCCC(C(=O)Oc1ccccc1)N1CCC(CNC[C@H]2COc3ccc(Cl)cc3O2)CC1. The lowest BCUT2D eigenvalue weighted by Crippen LogP contribution is -2.48. The number of nitrogens with zero attached hydrogens (tertiary/aromatic N) is 1. The lowest BCUT2D eigenvalue weighted by atomic mass is 9.94. The number of nitrogens with one attached hydrogen (secondary N) is 1. The van der Waals surface area contributed by atoms with Gasteiger partial charge in [-0.15, -0.1) is 0 Å². The molecule has 2 aliphatic heterocycles. The molecule has 0 spiro atoms. The van der Waals surface area contributed by atoms with Crippen molar-refractivity contribution in [1.82, 2.24) is 10.2 Å². The third kappa shape index (κ3) is 8.89. The first-order valence-corrected chi connectivity index (χ1v) is 14.8. The zero-order valence-electron chi connectivity index (χ0n) is 22.7. The highest BCUT2D eigenvalue weighted by Gasteiger charge is 2.31. The maximum atomic E-state index is 13.2. The number of ether oxygens (including phenoxy) is 3. The van der Waals surface area contributed by atoms with Crippen molar-refractivity contribution in [3.63, 3.8) is 0 Å². The number of carbonyl (C=O) groups excluding carboxylic acids is 1. The Morgan fingerprint density at radius 3 is 2.58 bits per heavy atom.